The SMILES string of the molecule is CCC[n+]1ccn(C)c1.O=C(O)/C=C\C(=O)O.[Br-]. The van der Waals surface area contributed by atoms with Crippen LogP contribution in [0.15, 0.2) is 30.9 Å². The monoisotopic (exact) mass is 320 g/mol. The van der Waals surface area contributed by atoms with Crippen molar-refractivity contribution in [3.63, 3.8) is 0 Å². The summed E-state index contributed by atoms with van der Waals surface area (Å²) in [6, 6.07) is 0. The first kappa shape index (κ1) is 18.7. The minimum absolute atomic E-state index is 0. The lowest BCUT2D eigenvalue weighted by molar-refractivity contribution is -0.696. The molecule has 0 saturated carbocycles. The highest BCUT2D eigenvalue weighted by Gasteiger charge is 1.94. The number of hydrogen-bond acceptors (Lipinski definition) is 2. The van der Waals surface area contributed by atoms with Crippen LogP contribution in [0, 0.1) is 0 Å². The third-order valence-corrected chi connectivity index (χ3v) is 1.67. The maximum absolute atomic E-state index is 9.55. The third kappa shape index (κ3) is 10.9. The van der Waals surface area contributed by atoms with E-state index in [2.05, 4.69) is 34.8 Å². The van der Waals surface area contributed by atoms with Gasteiger partial charge >= 0.3 is 11.9 Å². The lowest BCUT2D eigenvalue weighted by Gasteiger charge is -1.86. The second kappa shape index (κ2) is 10.5. The van der Waals surface area contributed by atoms with Crippen LogP contribution in [0.2, 0.25) is 0 Å². The van der Waals surface area contributed by atoms with Crippen molar-refractivity contribution >= 4 is 11.9 Å². The summed E-state index contributed by atoms with van der Waals surface area (Å²) in [4.78, 5) is 19.1. The molecule has 0 aliphatic carbocycles. The Balaban J connectivity index is 0. The molecule has 0 aliphatic heterocycles. The molecule has 0 aromatic carbocycles. The molecule has 0 unspecified atom stereocenters. The van der Waals surface area contributed by atoms with E-state index < -0.39 is 11.9 Å². The van der Waals surface area contributed by atoms with Gasteiger partial charge in [0.15, 0.2) is 0 Å². The fourth-order valence-electron chi connectivity index (χ4n) is 1.03. The number of carboxylic acid groups (broad SMARTS) is 2. The lowest BCUT2D eigenvalue weighted by Crippen LogP contribution is -3.00. The van der Waals surface area contributed by atoms with Gasteiger partial charge in [0.25, 0.3) is 0 Å². The summed E-state index contributed by atoms with van der Waals surface area (Å²) in [7, 11) is 2.03. The second-order valence-electron chi connectivity index (χ2n) is 3.33. The molecule has 0 aliphatic rings. The van der Waals surface area contributed by atoms with E-state index in [9.17, 15) is 9.59 Å². The van der Waals surface area contributed by atoms with Crippen LogP contribution < -0.4 is 21.5 Å². The molecule has 1 rings (SSSR count). The quantitative estimate of drug-likeness (QED) is 0.472. The van der Waals surface area contributed by atoms with E-state index in [0.29, 0.717) is 12.2 Å². The molecule has 0 radical (unpaired) electrons. The first-order valence-corrected chi connectivity index (χ1v) is 5.10. The fourth-order valence-corrected chi connectivity index (χ4v) is 1.03. The van der Waals surface area contributed by atoms with Crippen molar-refractivity contribution < 1.29 is 41.4 Å². The van der Waals surface area contributed by atoms with Gasteiger partial charge in [-0.15, -0.1) is 0 Å². The van der Waals surface area contributed by atoms with Crippen LogP contribution in [0.25, 0.3) is 0 Å². The van der Waals surface area contributed by atoms with E-state index in [1.165, 1.54) is 6.42 Å². The van der Waals surface area contributed by atoms with Crippen molar-refractivity contribution in [1.29, 1.82) is 0 Å². The normalized spacial score (nSPS) is 9.22. The number of carbonyl (C=O) groups is 2. The molecule has 0 amide bonds. The third-order valence-electron chi connectivity index (χ3n) is 1.67. The van der Waals surface area contributed by atoms with Gasteiger partial charge in [-0.25, -0.2) is 18.7 Å². The predicted octanol–water partition coefficient (Wildman–Crippen LogP) is -2.56. The largest absolute Gasteiger partial charge is 1.00 e. The smallest absolute Gasteiger partial charge is 0.328 e. The standard InChI is InChI=1S/C7H13N2.C4H4O4.BrH/c1-3-4-9-6-5-8(2)7-9;5-3(6)1-2-4(7)8;/h5-7H,3-4H2,1-2H3;1-2H,(H,5,6)(H,7,8);1H/q+1;;/p-1/b;2-1-;. The summed E-state index contributed by atoms with van der Waals surface area (Å²) in [5, 5.41) is 15.6. The van der Waals surface area contributed by atoms with Crippen LogP contribution in [-0.2, 0) is 23.2 Å². The first-order chi connectivity index (χ1) is 7.95. The van der Waals surface area contributed by atoms with Crippen LogP contribution in [0.4, 0.5) is 0 Å². The van der Waals surface area contributed by atoms with Gasteiger partial charge in [0, 0.05) is 12.2 Å². The van der Waals surface area contributed by atoms with Crippen molar-refractivity contribution in [2.45, 2.75) is 19.9 Å². The highest BCUT2D eigenvalue weighted by atomic mass is 79.9. The zero-order chi connectivity index (χ0) is 13.3. The average molecular weight is 321 g/mol. The van der Waals surface area contributed by atoms with E-state index in [1.807, 2.05) is 7.05 Å². The molecule has 0 atom stereocenters. The van der Waals surface area contributed by atoms with Crippen LogP contribution >= 0.6 is 0 Å². The minimum atomic E-state index is -1.26. The fraction of sp³-hybridized carbons (Fsp3) is 0.364. The summed E-state index contributed by atoms with van der Waals surface area (Å²) in [6.07, 6.45) is 8.54. The highest BCUT2D eigenvalue weighted by molar-refractivity contribution is 5.89. The molecular formula is C11H17BrN2O4. The number of rotatable bonds is 4. The number of aromatic nitrogens is 2. The number of carboxylic acids is 2. The van der Waals surface area contributed by atoms with Crippen LogP contribution in [0.5, 0.6) is 0 Å². The number of nitrogens with zero attached hydrogens (tertiary/aromatic N) is 2. The average Bonchev–Trinajstić information content (AvgIpc) is 2.63. The summed E-state index contributed by atoms with van der Waals surface area (Å²) in [5.41, 5.74) is 0. The van der Waals surface area contributed by atoms with Crippen molar-refractivity contribution in [2.24, 2.45) is 7.05 Å². The summed E-state index contributed by atoms with van der Waals surface area (Å²) in [5.74, 6) is -2.51. The summed E-state index contributed by atoms with van der Waals surface area (Å²) in [6.45, 7) is 3.31. The number of aryl methyl sites for hydroxylation is 2. The molecule has 7 heteroatoms. The molecule has 102 valence electrons. The molecular weight excluding hydrogens is 304 g/mol. The lowest BCUT2D eigenvalue weighted by atomic mass is 10.5. The Morgan fingerprint density at radius 2 is 1.78 bits per heavy atom. The van der Waals surface area contributed by atoms with Crippen LogP contribution in [0.3, 0.4) is 0 Å². The van der Waals surface area contributed by atoms with Crippen molar-refractivity contribution in [3.8, 4) is 0 Å². The summed E-state index contributed by atoms with van der Waals surface area (Å²) >= 11 is 0. The molecule has 0 saturated heterocycles. The van der Waals surface area contributed by atoms with E-state index in [-0.39, 0.29) is 17.0 Å². The first-order valence-electron chi connectivity index (χ1n) is 5.10. The van der Waals surface area contributed by atoms with Gasteiger partial charge in [0.2, 0.25) is 6.33 Å². The van der Waals surface area contributed by atoms with Crippen molar-refractivity contribution in [1.82, 2.24) is 4.57 Å². The Morgan fingerprint density at radius 1 is 1.28 bits per heavy atom. The second-order valence-corrected chi connectivity index (χ2v) is 3.33. The van der Waals surface area contributed by atoms with Gasteiger partial charge in [-0.3, -0.25) is 0 Å². The van der Waals surface area contributed by atoms with E-state index in [1.54, 1.807) is 0 Å². The molecule has 1 aromatic heterocycles. The van der Waals surface area contributed by atoms with Crippen LogP contribution in [0.1, 0.15) is 13.3 Å². The zero-order valence-electron chi connectivity index (χ0n) is 10.3. The van der Waals surface area contributed by atoms with Gasteiger partial charge in [0.1, 0.15) is 12.4 Å². The van der Waals surface area contributed by atoms with Gasteiger partial charge in [0.05, 0.1) is 13.6 Å². The molecule has 6 nitrogen and oxygen atoms in total. The number of aliphatic carboxylic acids is 2. The molecule has 0 spiro atoms. The zero-order valence-corrected chi connectivity index (χ0v) is 11.9. The van der Waals surface area contributed by atoms with E-state index in [4.69, 9.17) is 10.2 Å². The van der Waals surface area contributed by atoms with Crippen LogP contribution in [-0.4, -0.2) is 26.7 Å². The van der Waals surface area contributed by atoms with E-state index >= 15 is 0 Å². The Labute approximate surface area is 116 Å². The Kier molecular flexibility index (Phi) is 10.9. The summed E-state index contributed by atoms with van der Waals surface area (Å²) < 4.78 is 4.23. The van der Waals surface area contributed by atoms with E-state index in [0.717, 1.165) is 6.54 Å². The molecule has 0 fully saturated rings. The molecule has 1 aromatic rings. The van der Waals surface area contributed by atoms with Gasteiger partial charge in [-0.05, 0) is 6.42 Å². The van der Waals surface area contributed by atoms with Gasteiger partial charge in [-0.2, -0.15) is 0 Å². The number of imidazole rings is 1. The minimum Gasteiger partial charge on any atom is -1.00 e. The van der Waals surface area contributed by atoms with Gasteiger partial charge in [-0.1, -0.05) is 6.92 Å². The Morgan fingerprint density at radius 3 is 2.06 bits per heavy atom. The van der Waals surface area contributed by atoms with Crippen molar-refractivity contribution in [3.05, 3.63) is 30.9 Å². The topological polar surface area (TPSA) is 83.4 Å². The Bertz CT molecular complexity index is 386. The maximum Gasteiger partial charge on any atom is 0.328 e. The molecule has 1 heterocycles. The number of halogens is 1. The maximum atomic E-state index is 9.55. The predicted molar refractivity (Wildman–Crippen MR) is 60.3 cm³/mol. The number of hydrogen-bond donors (Lipinski definition) is 2. The molecule has 0 bridgehead atoms. The molecule has 2 N–H and O–H groups in total. The Hall–Kier alpha value is -1.63. The highest BCUT2D eigenvalue weighted by Crippen LogP contribution is 1.79. The van der Waals surface area contributed by atoms with Gasteiger partial charge < -0.3 is 27.2 Å². The molecule has 18 heavy (non-hydrogen) atoms. The van der Waals surface area contributed by atoms with Crippen molar-refractivity contribution in [2.75, 3.05) is 0 Å².